The topological polar surface area (TPSA) is 59.0 Å². The molecule has 158 valence electrons. The monoisotopic (exact) mass is 407 g/mol. The first kappa shape index (κ1) is 22.9. The lowest BCUT2D eigenvalue weighted by molar-refractivity contribution is 0.0208. The fraction of sp³-hybridized carbons (Fsp3) is 0.682. The van der Waals surface area contributed by atoms with Crippen LogP contribution >= 0.6 is 0 Å². The Labute approximate surface area is 171 Å². The van der Waals surface area contributed by atoms with Crippen LogP contribution in [0.4, 0.5) is 4.79 Å². The Morgan fingerprint density at radius 3 is 2.18 bits per heavy atom. The molecule has 1 aromatic carbocycles. The van der Waals surface area contributed by atoms with Gasteiger partial charge < -0.3 is 14.3 Å². The van der Waals surface area contributed by atoms with Crippen molar-refractivity contribution < 1.29 is 19.1 Å². The minimum Gasteiger partial charge on any atom is -0.444 e. The van der Waals surface area contributed by atoms with E-state index in [9.17, 15) is 9.90 Å². The van der Waals surface area contributed by atoms with Crippen LogP contribution in [0.5, 0.6) is 0 Å². The Morgan fingerprint density at radius 1 is 1.14 bits per heavy atom. The van der Waals surface area contributed by atoms with E-state index < -0.39 is 13.9 Å². The van der Waals surface area contributed by atoms with Crippen molar-refractivity contribution in [1.82, 2.24) is 4.90 Å². The lowest BCUT2D eigenvalue weighted by Gasteiger charge is -2.38. The molecule has 28 heavy (non-hydrogen) atoms. The largest absolute Gasteiger partial charge is 0.444 e. The minimum atomic E-state index is -1.94. The van der Waals surface area contributed by atoms with E-state index >= 15 is 0 Å². The first-order chi connectivity index (χ1) is 12.7. The molecule has 0 aromatic heterocycles. The van der Waals surface area contributed by atoms with Crippen LogP contribution in [0.25, 0.3) is 0 Å². The molecule has 0 saturated carbocycles. The number of benzene rings is 1. The number of amides is 1. The lowest BCUT2D eigenvalue weighted by atomic mass is 10.0. The summed E-state index contributed by atoms with van der Waals surface area (Å²) in [5.74, 6) is 0. The molecule has 1 heterocycles. The van der Waals surface area contributed by atoms with Gasteiger partial charge in [-0.1, -0.05) is 45.0 Å². The molecular weight excluding hydrogens is 370 g/mol. The molecule has 1 saturated heterocycles. The number of carbonyl (C=O) groups is 1. The van der Waals surface area contributed by atoms with E-state index in [4.69, 9.17) is 9.16 Å². The van der Waals surface area contributed by atoms with Crippen LogP contribution in [0.2, 0.25) is 18.1 Å². The van der Waals surface area contributed by atoms with Crippen molar-refractivity contribution in [2.24, 2.45) is 0 Å². The molecule has 1 N–H and O–H groups in total. The predicted molar refractivity (Wildman–Crippen MR) is 115 cm³/mol. The van der Waals surface area contributed by atoms with Gasteiger partial charge in [-0.05, 0) is 56.5 Å². The number of aliphatic hydroxyl groups is 1. The molecule has 0 bridgehead atoms. The highest BCUT2D eigenvalue weighted by Crippen LogP contribution is 2.41. The zero-order chi connectivity index (χ0) is 21.3. The van der Waals surface area contributed by atoms with Gasteiger partial charge in [0.1, 0.15) is 5.60 Å². The fourth-order valence-electron chi connectivity index (χ4n) is 3.16. The Morgan fingerprint density at radius 2 is 1.71 bits per heavy atom. The molecule has 1 amide bonds. The third-order valence-electron chi connectivity index (χ3n) is 5.71. The van der Waals surface area contributed by atoms with Gasteiger partial charge in [0.2, 0.25) is 0 Å². The van der Waals surface area contributed by atoms with Crippen LogP contribution in [0.3, 0.4) is 0 Å². The van der Waals surface area contributed by atoms with Crippen molar-refractivity contribution >= 4 is 14.4 Å². The lowest BCUT2D eigenvalue weighted by Crippen LogP contribution is -2.45. The van der Waals surface area contributed by atoms with E-state index in [0.717, 1.165) is 17.5 Å². The number of likely N-dealkylation sites (tertiary alicyclic amines) is 1. The molecule has 5 nitrogen and oxygen atoms in total. The maximum absolute atomic E-state index is 12.9. The fourth-order valence-corrected chi connectivity index (χ4v) is 4.52. The summed E-state index contributed by atoms with van der Waals surface area (Å²) in [5.41, 5.74) is 1.37. The molecule has 1 aromatic rings. The number of ether oxygens (including phenoxy) is 1. The zero-order valence-corrected chi connectivity index (χ0v) is 19.7. The molecule has 0 radical (unpaired) electrons. The highest BCUT2D eigenvalue weighted by atomic mass is 28.4. The summed E-state index contributed by atoms with van der Waals surface area (Å²) in [7, 11) is -1.94. The van der Waals surface area contributed by atoms with Crippen LogP contribution in [-0.2, 0) is 15.8 Å². The van der Waals surface area contributed by atoms with Crippen LogP contribution in [0.15, 0.2) is 24.3 Å². The molecule has 6 heteroatoms. The Balaban J connectivity index is 2.26. The SMILES string of the molecule is CC(C)(C)OC(=O)N1C[C@H](O[Si](C)(C)C(C)(C)C)C[C@H]1c1ccc(CO)cc1. The maximum Gasteiger partial charge on any atom is 0.410 e. The van der Waals surface area contributed by atoms with Gasteiger partial charge in [0, 0.05) is 6.54 Å². The highest BCUT2D eigenvalue weighted by molar-refractivity contribution is 6.74. The Bertz CT molecular complexity index is 673. The third-order valence-corrected chi connectivity index (χ3v) is 10.2. The van der Waals surface area contributed by atoms with Gasteiger partial charge >= 0.3 is 6.09 Å². The summed E-state index contributed by atoms with van der Waals surface area (Å²) in [6.07, 6.45) is 0.450. The van der Waals surface area contributed by atoms with Crippen molar-refractivity contribution in [3.8, 4) is 0 Å². The van der Waals surface area contributed by atoms with Crippen molar-refractivity contribution in [2.45, 2.75) is 90.4 Å². The Hall–Kier alpha value is -1.37. The number of hydrogen-bond donors (Lipinski definition) is 1. The molecule has 2 rings (SSSR count). The van der Waals surface area contributed by atoms with Crippen molar-refractivity contribution in [1.29, 1.82) is 0 Å². The molecule has 0 unspecified atom stereocenters. The molecule has 0 spiro atoms. The summed E-state index contributed by atoms with van der Waals surface area (Å²) in [5, 5.41) is 9.42. The van der Waals surface area contributed by atoms with Gasteiger partial charge in [-0.15, -0.1) is 0 Å². The average molecular weight is 408 g/mol. The molecule has 1 aliphatic rings. The summed E-state index contributed by atoms with van der Waals surface area (Å²) in [4.78, 5) is 14.7. The van der Waals surface area contributed by atoms with E-state index in [-0.39, 0.29) is 29.9 Å². The number of carbonyl (C=O) groups excluding carboxylic acids is 1. The van der Waals surface area contributed by atoms with Crippen LogP contribution < -0.4 is 0 Å². The van der Waals surface area contributed by atoms with E-state index in [2.05, 4.69) is 33.9 Å². The van der Waals surface area contributed by atoms with Crippen LogP contribution in [0, 0.1) is 0 Å². The Kier molecular flexibility index (Phi) is 6.68. The number of rotatable bonds is 4. The maximum atomic E-state index is 12.9. The average Bonchev–Trinajstić information content (AvgIpc) is 2.95. The molecule has 1 aliphatic heterocycles. The van der Waals surface area contributed by atoms with Crippen LogP contribution in [-0.4, -0.2) is 42.7 Å². The standard InChI is InChI=1S/C22H37NO4Si/c1-21(2,3)26-20(25)23-14-18(27-28(7,8)22(4,5)6)13-19(23)17-11-9-16(15-24)10-12-17/h9-12,18-19,24H,13-15H2,1-8H3/t18-,19+/m1/s1. The summed E-state index contributed by atoms with van der Waals surface area (Å²) in [6, 6.07) is 7.71. The van der Waals surface area contributed by atoms with Gasteiger partial charge in [-0.25, -0.2) is 4.79 Å². The zero-order valence-electron chi connectivity index (χ0n) is 18.7. The molecule has 1 fully saturated rings. The number of hydrogen-bond acceptors (Lipinski definition) is 4. The minimum absolute atomic E-state index is 0.00377. The molecule has 0 aliphatic carbocycles. The second-order valence-corrected chi connectivity index (χ2v) is 15.0. The van der Waals surface area contributed by atoms with E-state index in [1.165, 1.54) is 0 Å². The van der Waals surface area contributed by atoms with Gasteiger partial charge in [-0.2, -0.15) is 0 Å². The summed E-state index contributed by atoms with van der Waals surface area (Å²) in [6.45, 7) is 17.4. The normalized spacial score (nSPS) is 21.1. The second-order valence-electron chi connectivity index (χ2n) is 10.3. The van der Waals surface area contributed by atoms with Crippen molar-refractivity contribution in [2.75, 3.05) is 6.54 Å². The van der Waals surface area contributed by atoms with Gasteiger partial charge in [-0.3, -0.25) is 4.90 Å². The summed E-state index contributed by atoms with van der Waals surface area (Å²) >= 11 is 0. The van der Waals surface area contributed by atoms with E-state index in [1.807, 2.05) is 45.0 Å². The van der Waals surface area contributed by atoms with Crippen molar-refractivity contribution in [3.05, 3.63) is 35.4 Å². The molecule has 2 atom stereocenters. The first-order valence-corrected chi connectivity index (χ1v) is 13.0. The van der Waals surface area contributed by atoms with E-state index in [0.29, 0.717) is 6.54 Å². The second kappa shape index (κ2) is 8.17. The van der Waals surface area contributed by atoms with Crippen molar-refractivity contribution in [3.63, 3.8) is 0 Å². The van der Waals surface area contributed by atoms with Crippen LogP contribution in [0.1, 0.15) is 65.1 Å². The van der Waals surface area contributed by atoms with Gasteiger partial charge in [0.05, 0.1) is 18.8 Å². The molecular formula is C22H37NO4Si. The highest BCUT2D eigenvalue weighted by Gasteiger charge is 2.44. The number of aliphatic hydroxyl groups excluding tert-OH is 1. The summed E-state index contributed by atoms with van der Waals surface area (Å²) < 4.78 is 12.3. The number of nitrogens with zero attached hydrogens (tertiary/aromatic N) is 1. The quantitative estimate of drug-likeness (QED) is 0.693. The third kappa shape index (κ3) is 5.58. The smallest absolute Gasteiger partial charge is 0.410 e. The first-order valence-electron chi connectivity index (χ1n) is 10.1. The van der Waals surface area contributed by atoms with Gasteiger partial charge in [0.15, 0.2) is 8.32 Å². The van der Waals surface area contributed by atoms with E-state index in [1.54, 1.807) is 4.90 Å². The predicted octanol–water partition coefficient (Wildman–Crippen LogP) is 5.25. The van der Waals surface area contributed by atoms with Gasteiger partial charge in [0.25, 0.3) is 0 Å².